The molecule has 0 aliphatic rings. The lowest BCUT2D eigenvalue weighted by atomic mass is 10.0. The molecule has 0 N–H and O–H groups in total. The summed E-state index contributed by atoms with van der Waals surface area (Å²) in [5.74, 6) is -0.257. The van der Waals surface area contributed by atoms with Crippen LogP contribution in [0, 0.1) is 0 Å². The van der Waals surface area contributed by atoms with Gasteiger partial charge in [0.05, 0.1) is 5.69 Å². The van der Waals surface area contributed by atoms with E-state index in [1.807, 2.05) is 24.3 Å². The van der Waals surface area contributed by atoms with Gasteiger partial charge < -0.3 is 10.2 Å². The van der Waals surface area contributed by atoms with Crippen LogP contribution in [0.1, 0.15) is 5.56 Å². The minimum absolute atomic E-state index is 0.101. The second kappa shape index (κ2) is 5.05. The van der Waals surface area contributed by atoms with Crippen LogP contribution in [0.15, 0.2) is 65.7 Å². The first kappa shape index (κ1) is 12.2. The van der Waals surface area contributed by atoms with Gasteiger partial charge in [-0.3, -0.25) is 4.99 Å². The van der Waals surface area contributed by atoms with Gasteiger partial charge in [-0.15, -0.1) is 0 Å². The molecule has 0 aromatic heterocycles. The number of fused-ring (bicyclic) bond motifs is 1. The van der Waals surface area contributed by atoms with Crippen LogP contribution in [0.2, 0.25) is 0 Å². The molecule has 0 heterocycles. The fraction of sp³-hybridized carbons (Fsp3) is 0. The molecule has 3 rings (SSSR count). The van der Waals surface area contributed by atoms with E-state index in [1.54, 1.807) is 24.3 Å². The van der Waals surface area contributed by atoms with Crippen molar-refractivity contribution in [3.05, 3.63) is 66.2 Å². The molecule has 0 amide bonds. The number of para-hydroxylation sites is 2. The van der Waals surface area contributed by atoms with Gasteiger partial charge in [0.15, 0.2) is 0 Å². The van der Waals surface area contributed by atoms with E-state index in [0.29, 0.717) is 11.3 Å². The van der Waals surface area contributed by atoms with Gasteiger partial charge in [-0.2, -0.15) is 0 Å². The van der Waals surface area contributed by atoms with Crippen LogP contribution in [-0.2, 0) is 0 Å². The molecular formula is C17H11NO2-2. The Bertz CT molecular complexity index is 794. The molecular weight excluding hydrogens is 250 g/mol. The maximum Gasteiger partial charge on any atom is 0.0551 e. The molecule has 3 nitrogen and oxygen atoms in total. The smallest absolute Gasteiger partial charge is 0.0551 e. The molecule has 0 atom stereocenters. The predicted molar refractivity (Wildman–Crippen MR) is 76.5 cm³/mol. The van der Waals surface area contributed by atoms with Crippen molar-refractivity contribution in [3.8, 4) is 11.5 Å². The number of hydrogen-bond acceptors (Lipinski definition) is 3. The maximum absolute atomic E-state index is 12.0. The van der Waals surface area contributed by atoms with E-state index < -0.39 is 0 Å². The average Bonchev–Trinajstić information content (AvgIpc) is 2.48. The number of hydrogen-bond donors (Lipinski definition) is 0. The SMILES string of the molecule is [O-]c1ccccc1N=Cc1c([O-])ccc2ccccc12. The van der Waals surface area contributed by atoms with Crippen molar-refractivity contribution in [2.24, 2.45) is 4.99 Å². The molecule has 3 aromatic carbocycles. The third-order valence-electron chi connectivity index (χ3n) is 3.13. The van der Waals surface area contributed by atoms with Gasteiger partial charge in [0, 0.05) is 6.21 Å². The molecule has 3 heteroatoms. The van der Waals surface area contributed by atoms with Crippen molar-refractivity contribution in [1.82, 2.24) is 0 Å². The molecule has 0 unspecified atom stereocenters. The minimum Gasteiger partial charge on any atom is -0.872 e. The minimum atomic E-state index is -0.156. The molecule has 0 saturated carbocycles. The number of rotatable bonds is 2. The Morgan fingerprint density at radius 1 is 0.750 bits per heavy atom. The van der Waals surface area contributed by atoms with Crippen LogP contribution in [0.25, 0.3) is 10.8 Å². The third kappa shape index (κ3) is 2.21. The quantitative estimate of drug-likeness (QED) is 0.666. The zero-order valence-corrected chi connectivity index (χ0v) is 10.6. The van der Waals surface area contributed by atoms with Crippen LogP contribution in [0.4, 0.5) is 5.69 Å². The third-order valence-corrected chi connectivity index (χ3v) is 3.13. The monoisotopic (exact) mass is 261 g/mol. The van der Waals surface area contributed by atoms with E-state index in [0.717, 1.165) is 10.8 Å². The summed E-state index contributed by atoms with van der Waals surface area (Å²) in [5, 5.41) is 25.4. The first-order chi connectivity index (χ1) is 9.75. The van der Waals surface area contributed by atoms with Crippen LogP contribution in [0.3, 0.4) is 0 Å². The zero-order valence-electron chi connectivity index (χ0n) is 10.6. The van der Waals surface area contributed by atoms with E-state index in [9.17, 15) is 10.2 Å². The van der Waals surface area contributed by atoms with Crippen molar-refractivity contribution in [3.63, 3.8) is 0 Å². The highest BCUT2D eigenvalue weighted by molar-refractivity contribution is 6.02. The molecule has 0 saturated heterocycles. The Morgan fingerprint density at radius 2 is 1.50 bits per heavy atom. The van der Waals surface area contributed by atoms with Crippen LogP contribution < -0.4 is 10.2 Å². The van der Waals surface area contributed by atoms with Gasteiger partial charge in [-0.1, -0.05) is 66.1 Å². The fourth-order valence-corrected chi connectivity index (χ4v) is 2.11. The second-order valence-electron chi connectivity index (χ2n) is 4.42. The number of nitrogens with zero attached hydrogens (tertiary/aromatic N) is 1. The average molecular weight is 261 g/mol. The normalized spacial score (nSPS) is 11.2. The van der Waals surface area contributed by atoms with Crippen molar-refractivity contribution in [1.29, 1.82) is 0 Å². The molecule has 20 heavy (non-hydrogen) atoms. The van der Waals surface area contributed by atoms with Crippen LogP contribution in [-0.4, -0.2) is 6.21 Å². The summed E-state index contributed by atoms with van der Waals surface area (Å²) in [5.41, 5.74) is 0.839. The molecule has 0 radical (unpaired) electrons. The highest BCUT2D eigenvalue weighted by Crippen LogP contribution is 2.26. The lowest BCUT2D eigenvalue weighted by Crippen LogP contribution is -1.97. The van der Waals surface area contributed by atoms with Crippen LogP contribution >= 0.6 is 0 Å². The van der Waals surface area contributed by atoms with Crippen molar-refractivity contribution < 1.29 is 10.2 Å². The highest BCUT2D eigenvalue weighted by atomic mass is 16.3. The standard InChI is InChI=1S/C17H13NO2/c19-16-10-9-12-5-1-2-6-13(12)14(16)11-18-15-7-3-4-8-17(15)20/h1-11,19-20H/p-2. The van der Waals surface area contributed by atoms with Crippen molar-refractivity contribution in [2.45, 2.75) is 0 Å². The van der Waals surface area contributed by atoms with E-state index in [1.165, 1.54) is 18.3 Å². The van der Waals surface area contributed by atoms with Gasteiger partial charge >= 0.3 is 0 Å². The Balaban J connectivity index is 2.11. The molecule has 98 valence electrons. The summed E-state index contributed by atoms with van der Waals surface area (Å²) < 4.78 is 0. The van der Waals surface area contributed by atoms with Gasteiger partial charge in [0.1, 0.15) is 0 Å². The first-order valence-electron chi connectivity index (χ1n) is 6.24. The van der Waals surface area contributed by atoms with E-state index >= 15 is 0 Å². The number of benzene rings is 3. The van der Waals surface area contributed by atoms with E-state index in [4.69, 9.17) is 0 Å². The molecule has 0 fully saturated rings. The largest absolute Gasteiger partial charge is 0.872 e. The molecule has 0 aliphatic carbocycles. The van der Waals surface area contributed by atoms with E-state index in [-0.39, 0.29) is 11.5 Å². The molecule has 0 aliphatic heterocycles. The van der Waals surface area contributed by atoms with Crippen LogP contribution in [0.5, 0.6) is 11.5 Å². The molecule has 3 aromatic rings. The van der Waals surface area contributed by atoms with Gasteiger partial charge in [0.25, 0.3) is 0 Å². The van der Waals surface area contributed by atoms with Gasteiger partial charge in [-0.25, -0.2) is 0 Å². The summed E-state index contributed by atoms with van der Waals surface area (Å²) in [7, 11) is 0. The molecule has 0 bridgehead atoms. The first-order valence-corrected chi connectivity index (χ1v) is 6.24. The van der Waals surface area contributed by atoms with Gasteiger partial charge in [0.2, 0.25) is 0 Å². The zero-order chi connectivity index (χ0) is 13.9. The summed E-state index contributed by atoms with van der Waals surface area (Å²) in [4.78, 5) is 4.15. The number of aliphatic imine (C=N–C) groups is 1. The fourth-order valence-electron chi connectivity index (χ4n) is 2.11. The summed E-state index contributed by atoms with van der Waals surface area (Å²) >= 11 is 0. The molecule has 0 spiro atoms. The van der Waals surface area contributed by atoms with Crippen molar-refractivity contribution >= 4 is 22.7 Å². The predicted octanol–water partition coefficient (Wildman–Crippen LogP) is 2.74. The Morgan fingerprint density at radius 3 is 2.35 bits per heavy atom. The second-order valence-corrected chi connectivity index (χ2v) is 4.42. The lowest BCUT2D eigenvalue weighted by Gasteiger charge is -2.13. The Labute approximate surface area is 116 Å². The Hall–Kier alpha value is -2.81. The topological polar surface area (TPSA) is 58.5 Å². The van der Waals surface area contributed by atoms with E-state index in [2.05, 4.69) is 4.99 Å². The maximum atomic E-state index is 12.0. The van der Waals surface area contributed by atoms with Gasteiger partial charge in [-0.05, 0) is 22.4 Å². The lowest BCUT2D eigenvalue weighted by molar-refractivity contribution is -0.268. The Kier molecular flexibility index (Phi) is 3.09. The summed E-state index contributed by atoms with van der Waals surface area (Å²) in [6.07, 6.45) is 1.47. The summed E-state index contributed by atoms with van der Waals surface area (Å²) in [6.45, 7) is 0. The highest BCUT2D eigenvalue weighted by Gasteiger charge is 1.99. The van der Waals surface area contributed by atoms with Crippen molar-refractivity contribution in [2.75, 3.05) is 0 Å². The summed E-state index contributed by atoms with van der Waals surface area (Å²) in [6, 6.07) is 17.4.